The van der Waals surface area contributed by atoms with E-state index in [9.17, 15) is 0 Å². The Bertz CT molecular complexity index is 295. The molecule has 0 aromatic carbocycles. The Kier molecular flexibility index (Phi) is 6.91. The van der Waals surface area contributed by atoms with Gasteiger partial charge in [-0.3, -0.25) is 0 Å². The summed E-state index contributed by atoms with van der Waals surface area (Å²) in [5.41, 5.74) is 0. The standard InChI is InChI=1S/C19H33N/c1-2-3-4-6-16-9-11-18(12-10-16)19-8-5-7-17(15-19)13-14-20/h16-19H,2-13,15H2,1H3. The molecule has 2 fully saturated rings. The molecule has 114 valence electrons. The van der Waals surface area contributed by atoms with E-state index in [1.165, 1.54) is 77.0 Å². The summed E-state index contributed by atoms with van der Waals surface area (Å²) >= 11 is 0. The third-order valence-corrected chi connectivity index (χ3v) is 5.98. The molecule has 0 aromatic heterocycles. The van der Waals surface area contributed by atoms with E-state index in [2.05, 4.69) is 13.0 Å². The van der Waals surface area contributed by atoms with Crippen molar-refractivity contribution in [3.8, 4) is 6.07 Å². The summed E-state index contributed by atoms with van der Waals surface area (Å²) in [6.45, 7) is 2.30. The van der Waals surface area contributed by atoms with Crippen molar-refractivity contribution in [2.75, 3.05) is 0 Å². The molecule has 1 nitrogen and oxygen atoms in total. The largest absolute Gasteiger partial charge is 0.198 e. The van der Waals surface area contributed by atoms with E-state index in [1.807, 2.05) is 0 Å². The lowest BCUT2D eigenvalue weighted by atomic mass is 9.68. The zero-order valence-corrected chi connectivity index (χ0v) is 13.4. The summed E-state index contributed by atoms with van der Waals surface area (Å²) in [6.07, 6.45) is 18.0. The van der Waals surface area contributed by atoms with Crippen LogP contribution in [0.3, 0.4) is 0 Å². The number of nitriles is 1. The first-order chi connectivity index (χ1) is 9.83. The molecule has 2 atom stereocenters. The average Bonchev–Trinajstić information content (AvgIpc) is 2.49. The van der Waals surface area contributed by atoms with E-state index in [-0.39, 0.29) is 0 Å². The molecule has 2 rings (SSSR count). The van der Waals surface area contributed by atoms with Gasteiger partial charge in [-0.05, 0) is 49.4 Å². The molecular formula is C19H33N. The van der Waals surface area contributed by atoms with Gasteiger partial charge in [0.05, 0.1) is 6.07 Å². The second-order valence-corrected chi connectivity index (χ2v) is 7.43. The first-order valence-electron chi connectivity index (χ1n) is 9.20. The number of hydrogen-bond acceptors (Lipinski definition) is 1. The van der Waals surface area contributed by atoms with E-state index >= 15 is 0 Å². The van der Waals surface area contributed by atoms with Crippen LogP contribution in [0.15, 0.2) is 0 Å². The van der Waals surface area contributed by atoms with Gasteiger partial charge in [0.25, 0.3) is 0 Å². The minimum absolute atomic E-state index is 0.723. The molecule has 20 heavy (non-hydrogen) atoms. The molecule has 1 heteroatoms. The van der Waals surface area contributed by atoms with Gasteiger partial charge in [0.15, 0.2) is 0 Å². The first-order valence-corrected chi connectivity index (χ1v) is 9.20. The van der Waals surface area contributed by atoms with Crippen molar-refractivity contribution in [2.24, 2.45) is 23.7 Å². The zero-order chi connectivity index (χ0) is 14.2. The van der Waals surface area contributed by atoms with Crippen LogP contribution in [-0.2, 0) is 0 Å². The summed E-state index contributed by atoms with van der Waals surface area (Å²) in [5.74, 6) is 3.72. The molecule has 0 aliphatic heterocycles. The van der Waals surface area contributed by atoms with E-state index < -0.39 is 0 Å². The molecule has 0 heterocycles. The average molecular weight is 275 g/mol. The van der Waals surface area contributed by atoms with E-state index in [1.54, 1.807) is 0 Å². The molecule has 2 aliphatic carbocycles. The zero-order valence-electron chi connectivity index (χ0n) is 13.4. The smallest absolute Gasteiger partial charge is 0.0624 e. The lowest BCUT2D eigenvalue weighted by Crippen LogP contribution is -2.26. The van der Waals surface area contributed by atoms with E-state index in [0.29, 0.717) is 0 Å². The Morgan fingerprint density at radius 3 is 2.40 bits per heavy atom. The predicted octanol–water partition coefficient (Wildman–Crippen LogP) is 6.09. The van der Waals surface area contributed by atoms with Gasteiger partial charge in [-0.25, -0.2) is 0 Å². The van der Waals surface area contributed by atoms with Crippen LogP contribution in [0.4, 0.5) is 0 Å². The maximum Gasteiger partial charge on any atom is 0.0624 e. The number of nitrogens with zero attached hydrogens (tertiary/aromatic N) is 1. The molecule has 0 amide bonds. The molecule has 0 radical (unpaired) electrons. The number of rotatable bonds is 6. The summed E-state index contributed by atoms with van der Waals surface area (Å²) in [7, 11) is 0. The molecule has 2 saturated carbocycles. The third-order valence-electron chi connectivity index (χ3n) is 5.98. The summed E-state index contributed by atoms with van der Waals surface area (Å²) in [5, 5.41) is 8.90. The molecule has 0 aromatic rings. The van der Waals surface area contributed by atoms with E-state index in [0.717, 1.165) is 30.1 Å². The number of hydrogen-bond donors (Lipinski definition) is 0. The van der Waals surface area contributed by atoms with Gasteiger partial charge in [-0.15, -0.1) is 0 Å². The molecular weight excluding hydrogens is 242 g/mol. The molecule has 0 bridgehead atoms. The Morgan fingerprint density at radius 2 is 1.70 bits per heavy atom. The normalized spacial score (nSPS) is 34.6. The molecule has 0 saturated heterocycles. The molecule has 0 spiro atoms. The second-order valence-electron chi connectivity index (χ2n) is 7.43. The maximum atomic E-state index is 8.90. The minimum Gasteiger partial charge on any atom is -0.198 e. The highest BCUT2D eigenvalue weighted by Crippen LogP contribution is 2.43. The first kappa shape index (κ1) is 15.9. The minimum atomic E-state index is 0.723. The monoisotopic (exact) mass is 275 g/mol. The second kappa shape index (κ2) is 8.71. The summed E-state index contributed by atoms with van der Waals surface area (Å²) in [6, 6.07) is 2.40. The van der Waals surface area contributed by atoms with Crippen LogP contribution in [0.2, 0.25) is 0 Å². The van der Waals surface area contributed by atoms with Crippen molar-refractivity contribution in [1.29, 1.82) is 5.26 Å². The maximum absolute atomic E-state index is 8.90. The SMILES string of the molecule is CCCCCC1CCC(C2CCCC(CC#N)C2)CC1. The van der Waals surface area contributed by atoms with Crippen LogP contribution < -0.4 is 0 Å². The van der Waals surface area contributed by atoms with Gasteiger partial charge >= 0.3 is 0 Å². The van der Waals surface area contributed by atoms with E-state index in [4.69, 9.17) is 5.26 Å². The summed E-state index contributed by atoms with van der Waals surface area (Å²) in [4.78, 5) is 0. The topological polar surface area (TPSA) is 23.8 Å². The quantitative estimate of drug-likeness (QED) is 0.538. The summed E-state index contributed by atoms with van der Waals surface area (Å²) < 4.78 is 0. The van der Waals surface area contributed by atoms with Crippen LogP contribution in [0.1, 0.15) is 90.4 Å². The predicted molar refractivity (Wildman–Crippen MR) is 85.3 cm³/mol. The molecule has 2 unspecified atom stereocenters. The van der Waals surface area contributed by atoms with Crippen molar-refractivity contribution >= 4 is 0 Å². The highest BCUT2D eigenvalue weighted by atomic mass is 14.4. The Hall–Kier alpha value is -0.510. The highest BCUT2D eigenvalue weighted by Gasteiger charge is 2.31. The molecule has 0 N–H and O–H groups in total. The lowest BCUT2D eigenvalue weighted by molar-refractivity contribution is 0.137. The van der Waals surface area contributed by atoms with Crippen LogP contribution >= 0.6 is 0 Å². The van der Waals surface area contributed by atoms with Gasteiger partial charge in [0.1, 0.15) is 0 Å². The van der Waals surface area contributed by atoms with Gasteiger partial charge < -0.3 is 0 Å². The van der Waals surface area contributed by atoms with Gasteiger partial charge in [0, 0.05) is 6.42 Å². The van der Waals surface area contributed by atoms with Crippen molar-refractivity contribution < 1.29 is 0 Å². The Morgan fingerprint density at radius 1 is 0.900 bits per heavy atom. The van der Waals surface area contributed by atoms with Gasteiger partial charge in [-0.1, -0.05) is 58.3 Å². The fourth-order valence-corrected chi connectivity index (χ4v) is 4.71. The fraction of sp³-hybridized carbons (Fsp3) is 0.947. The fourth-order valence-electron chi connectivity index (χ4n) is 4.71. The van der Waals surface area contributed by atoms with Crippen molar-refractivity contribution in [2.45, 2.75) is 90.4 Å². The lowest BCUT2D eigenvalue weighted by Gasteiger charge is -2.38. The molecule has 2 aliphatic rings. The van der Waals surface area contributed by atoms with Gasteiger partial charge in [0.2, 0.25) is 0 Å². The van der Waals surface area contributed by atoms with Crippen molar-refractivity contribution in [3.05, 3.63) is 0 Å². The van der Waals surface area contributed by atoms with Crippen LogP contribution in [0, 0.1) is 35.0 Å². The third kappa shape index (κ3) is 4.80. The number of unbranched alkanes of at least 4 members (excludes halogenated alkanes) is 2. The van der Waals surface area contributed by atoms with Crippen LogP contribution in [-0.4, -0.2) is 0 Å². The van der Waals surface area contributed by atoms with Crippen LogP contribution in [0.5, 0.6) is 0 Å². The Labute approximate surface area is 126 Å². The van der Waals surface area contributed by atoms with Crippen LogP contribution in [0.25, 0.3) is 0 Å². The van der Waals surface area contributed by atoms with Gasteiger partial charge in [-0.2, -0.15) is 5.26 Å². The van der Waals surface area contributed by atoms with Crippen molar-refractivity contribution in [3.63, 3.8) is 0 Å². The highest BCUT2D eigenvalue weighted by molar-refractivity contribution is 4.85. The Balaban J connectivity index is 1.69. The van der Waals surface area contributed by atoms with Crippen molar-refractivity contribution in [1.82, 2.24) is 0 Å².